The first-order chi connectivity index (χ1) is 10.3. The van der Waals surface area contributed by atoms with Crippen molar-refractivity contribution < 1.29 is 4.39 Å². The molecule has 0 radical (unpaired) electrons. The van der Waals surface area contributed by atoms with Gasteiger partial charge < -0.3 is 0 Å². The van der Waals surface area contributed by atoms with Gasteiger partial charge in [0, 0.05) is 24.0 Å². The highest BCUT2D eigenvalue weighted by molar-refractivity contribution is 5.50. The molecule has 1 fully saturated rings. The second-order valence-corrected chi connectivity index (χ2v) is 5.25. The fourth-order valence-corrected chi connectivity index (χ4v) is 2.73. The third-order valence-corrected chi connectivity index (χ3v) is 3.89. The van der Waals surface area contributed by atoms with Gasteiger partial charge in [-0.25, -0.2) is 14.4 Å². The van der Waals surface area contributed by atoms with Gasteiger partial charge in [0.25, 0.3) is 0 Å². The van der Waals surface area contributed by atoms with Crippen LogP contribution in [0.15, 0.2) is 48.8 Å². The number of nitrogens with one attached hydrogen (secondary N) is 1. The minimum atomic E-state index is -0.129. The smallest absolute Gasteiger partial charge is 0.179 e. The van der Waals surface area contributed by atoms with Crippen molar-refractivity contribution in [3.8, 4) is 11.5 Å². The highest BCUT2D eigenvalue weighted by Gasteiger charge is 2.42. The predicted octanol–water partition coefficient (Wildman–Crippen LogP) is 3.28. The molecular weight excluding hydrogens is 267 g/mol. The number of H-pyrrole nitrogens is 1. The maximum absolute atomic E-state index is 13.8. The van der Waals surface area contributed by atoms with Gasteiger partial charge in [0.2, 0.25) is 0 Å². The van der Waals surface area contributed by atoms with E-state index in [9.17, 15) is 4.39 Å². The molecule has 0 saturated heterocycles. The van der Waals surface area contributed by atoms with Crippen molar-refractivity contribution in [2.45, 2.75) is 18.3 Å². The van der Waals surface area contributed by atoms with Gasteiger partial charge in [-0.3, -0.25) is 5.10 Å². The molecule has 2 unspecified atom stereocenters. The molecule has 1 aliphatic carbocycles. The third-order valence-electron chi connectivity index (χ3n) is 3.89. The molecule has 2 heterocycles. The molecule has 2 aromatic heterocycles. The summed E-state index contributed by atoms with van der Waals surface area (Å²) in [4.78, 5) is 8.36. The SMILES string of the molecule is Fc1ccccc1C1CC1c1cc(-c2ncccn2)n[nH]1. The standard InChI is InChI=1S/C16H13FN4/c17-13-5-2-1-4-10(13)11-8-12(11)14-9-15(21-20-14)16-18-6-3-7-19-16/h1-7,9,11-12H,8H2,(H,20,21). The first kappa shape index (κ1) is 12.2. The molecule has 3 aromatic rings. The van der Waals surface area contributed by atoms with Crippen molar-refractivity contribution in [3.05, 3.63) is 65.9 Å². The summed E-state index contributed by atoms with van der Waals surface area (Å²) in [6.07, 6.45) is 4.32. The third kappa shape index (κ3) is 2.20. The molecule has 4 nitrogen and oxygen atoms in total. The van der Waals surface area contributed by atoms with Crippen LogP contribution in [-0.2, 0) is 0 Å². The van der Waals surface area contributed by atoms with Crippen LogP contribution in [0.4, 0.5) is 4.39 Å². The molecule has 4 rings (SSSR count). The van der Waals surface area contributed by atoms with E-state index >= 15 is 0 Å². The summed E-state index contributed by atoms with van der Waals surface area (Å²) < 4.78 is 13.8. The van der Waals surface area contributed by atoms with Gasteiger partial charge in [-0.05, 0) is 36.1 Å². The van der Waals surface area contributed by atoms with E-state index in [0.29, 0.717) is 11.7 Å². The Hall–Kier alpha value is -2.56. The van der Waals surface area contributed by atoms with Gasteiger partial charge in [-0.1, -0.05) is 18.2 Å². The zero-order valence-corrected chi connectivity index (χ0v) is 11.2. The molecule has 21 heavy (non-hydrogen) atoms. The number of rotatable bonds is 3. The van der Waals surface area contributed by atoms with Gasteiger partial charge in [-0.2, -0.15) is 5.10 Å². The minimum Gasteiger partial charge on any atom is -0.282 e. The molecule has 1 aliphatic rings. The fraction of sp³-hybridized carbons (Fsp3) is 0.188. The van der Waals surface area contributed by atoms with Gasteiger partial charge in [0.1, 0.15) is 11.5 Å². The number of hydrogen-bond donors (Lipinski definition) is 1. The number of aromatic nitrogens is 4. The Labute approximate surface area is 121 Å². The maximum atomic E-state index is 13.8. The number of hydrogen-bond acceptors (Lipinski definition) is 3. The van der Waals surface area contributed by atoms with Crippen LogP contribution in [0, 0.1) is 5.82 Å². The highest BCUT2D eigenvalue weighted by Crippen LogP contribution is 2.54. The lowest BCUT2D eigenvalue weighted by molar-refractivity contribution is 0.609. The number of halogens is 1. The van der Waals surface area contributed by atoms with Crippen molar-refractivity contribution in [1.82, 2.24) is 20.2 Å². The number of benzene rings is 1. The molecule has 1 N–H and O–H groups in total. The molecule has 0 aliphatic heterocycles. The van der Waals surface area contributed by atoms with E-state index in [2.05, 4.69) is 20.2 Å². The minimum absolute atomic E-state index is 0.129. The number of nitrogens with zero attached hydrogens (tertiary/aromatic N) is 3. The normalized spacial score (nSPS) is 20.4. The van der Waals surface area contributed by atoms with Crippen molar-refractivity contribution >= 4 is 0 Å². The van der Waals surface area contributed by atoms with Crippen molar-refractivity contribution in [1.29, 1.82) is 0 Å². The first-order valence-corrected chi connectivity index (χ1v) is 6.90. The van der Waals surface area contributed by atoms with E-state index < -0.39 is 0 Å². The second-order valence-electron chi connectivity index (χ2n) is 5.25. The van der Waals surface area contributed by atoms with E-state index in [4.69, 9.17) is 0 Å². The molecule has 0 spiro atoms. The fourth-order valence-electron chi connectivity index (χ4n) is 2.73. The summed E-state index contributed by atoms with van der Waals surface area (Å²) in [6.45, 7) is 0. The van der Waals surface area contributed by atoms with Crippen LogP contribution in [-0.4, -0.2) is 20.2 Å². The Bertz CT molecular complexity index is 769. The summed E-state index contributed by atoms with van der Waals surface area (Å²) in [5, 5.41) is 7.29. The van der Waals surface area contributed by atoms with Gasteiger partial charge in [-0.15, -0.1) is 0 Å². The summed E-state index contributed by atoms with van der Waals surface area (Å²) in [6, 6.07) is 10.7. The van der Waals surface area contributed by atoms with Crippen molar-refractivity contribution in [2.75, 3.05) is 0 Å². The van der Waals surface area contributed by atoms with E-state index in [1.54, 1.807) is 24.5 Å². The average molecular weight is 280 g/mol. The zero-order valence-electron chi connectivity index (χ0n) is 11.2. The number of aromatic amines is 1. The van der Waals surface area contributed by atoms with Crippen LogP contribution in [0.1, 0.15) is 29.5 Å². The predicted molar refractivity (Wildman–Crippen MR) is 76.1 cm³/mol. The molecule has 0 bridgehead atoms. The van der Waals surface area contributed by atoms with E-state index in [1.807, 2.05) is 18.2 Å². The Balaban J connectivity index is 1.57. The summed E-state index contributed by atoms with van der Waals surface area (Å²) in [5.74, 6) is 1.00. The van der Waals surface area contributed by atoms with E-state index in [-0.39, 0.29) is 11.7 Å². The first-order valence-electron chi connectivity index (χ1n) is 6.90. The lowest BCUT2D eigenvalue weighted by Crippen LogP contribution is -1.88. The van der Waals surface area contributed by atoms with E-state index in [1.165, 1.54) is 6.07 Å². The van der Waals surface area contributed by atoms with Crippen molar-refractivity contribution in [2.24, 2.45) is 0 Å². The molecule has 2 atom stereocenters. The molecular formula is C16H13FN4. The van der Waals surface area contributed by atoms with Crippen LogP contribution in [0.25, 0.3) is 11.5 Å². The lowest BCUT2D eigenvalue weighted by atomic mass is 10.1. The van der Waals surface area contributed by atoms with Crippen LogP contribution >= 0.6 is 0 Å². The van der Waals surface area contributed by atoms with Crippen LogP contribution in [0.5, 0.6) is 0 Å². The molecule has 1 saturated carbocycles. The van der Waals surface area contributed by atoms with Gasteiger partial charge >= 0.3 is 0 Å². The van der Waals surface area contributed by atoms with Crippen LogP contribution in [0.2, 0.25) is 0 Å². The monoisotopic (exact) mass is 280 g/mol. The van der Waals surface area contributed by atoms with Crippen LogP contribution in [0.3, 0.4) is 0 Å². The average Bonchev–Trinajstić information content (AvgIpc) is 3.16. The summed E-state index contributed by atoms with van der Waals surface area (Å²) in [5.41, 5.74) is 2.53. The lowest BCUT2D eigenvalue weighted by Gasteiger charge is -2.00. The van der Waals surface area contributed by atoms with Gasteiger partial charge in [0.15, 0.2) is 5.82 Å². The second kappa shape index (κ2) is 4.77. The molecule has 0 amide bonds. The Morgan fingerprint density at radius 1 is 1.05 bits per heavy atom. The topological polar surface area (TPSA) is 54.5 Å². The Morgan fingerprint density at radius 3 is 2.67 bits per heavy atom. The molecule has 5 heteroatoms. The maximum Gasteiger partial charge on any atom is 0.179 e. The highest BCUT2D eigenvalue weighted by atomic mass is 19.1. The summed E-state index contributed by atoms with van der Waals surface area (Å²) >= 11 is 0. The quantitative estimate of drug-likeness (QED) is 0.801. The van der Waals surface area contributed by atoms with Crippen LogP contribution < -0.4 is 0 Å². The zero-order chi connectivity index (χ0) is 14.2. The Morgan fingerprint density at radius 2 is 1.86 bits per heavy atom. The van der Waals surface area contributed by atoms with E-state index in [0.717, 1.165) is 23.4 Å². The van der Waals surface area contributed by atoms with Gasteiger partial charge in [0.05, 0.1) is 0 Å². The molecule has 104 valence electrons. The Kier molecular flexibility index (Phi) is 2.77. The largest absolute Gasteiger partial charge is 0.282 e. The van der Waals surface area contributed by atoms with Crippen molar-refractivity contribution in [3.63, 3.8) is 0 Å². The molecule has 1 aromatic carbocycles. The summed E-state index contributed by atoms with van der Waals surface area (Å²) in [7, 11) is 0.